The molecule has 3 heterocycles. The molecule has 2 aliphatic rings. The molecule has 0 radical (unpaired) electrons. The molecule has 2 fully saturated rings. The van der Waals surface area contributed by atoms with Gasteiger partial charge in [0.15, 0.2) is 0 Å². The Bertz CT molecular complexity index is 726. The number of rotatable bonds is 9. The molecule has 1 aromatic carbocycles. The standard InChI is InChI=1S/C24H33N3O2/c1-2-5-21(6-3-1)18-28-14-10-20-8-12-27(13-9-20)23-15-24(17-25-16-23)29-19-22-7-4-11-26-22/h1-3,5-6,15-17,20,22,26H,4,7-14,18-19H2/t22-/m1/s1. The Balaban J connectivity index is 1.16. The fourth-order valence-electron chi connectivity index (χ4n) is 4.25. The van der Waals surface area contributed by atoms with Crippen LogP contribution in [0.5, 0.6) is 5.75 Å². The van der Waals surface area contributed by atoms with Crippen LogP contribution in [0.15, 0.2) is 48.8 Å². The van der Waals surface area contributed by atoms with Gasteiger partial charge in [0.25, 0.3) is 0 Å². The van der Waals surface area contributed by atoms with E-state index >= 15 is 0 Å². The highest BCUT2D eigenvalue weighted by Crippen LogP contribution is 2.27. The normalized spacial score (nSPS) is 20.1. The van der Waals surface area contributed by atoms with Crippen molar-refractivity contribution in [2.75, 3.05) is 37.7 Å². The summed E-state index contributed by atoms with van der Waals surface area (Å²) in [4.78, 5) is 6.85. The molecule has 0 aliphatic carbocycles. The van der Waals surface area contributed by atoms with Crippen molar-refractivity contribution in [1.82, 2.24) is 10.3 Å². The van der Waals surface area contributed by atoms with Crippen molar-refractivity contribution >= 4 is 5.69 Å². The van der Waals surface area contributed by atoms with Gasteiger partial charge in [-0.15, -0.1) is 0 Å². The zero-order valence-corrected chi connectivity index (χ0v) is 17.3. The quantitative estimate of drug-likeness (QED) is 0.650. The predicted molar refractivity (Wildman–Crippen MR) is 116 cm³/mol. The Labute approximate surface area is 174 Å². The summed E-state index contributed by atoms with van der Waals surface area (Å²) in [6.45, 7) is 5.57. The molecule has 1 atom stereocenters. The van der Waals surface area contributed by atoms with Gasteiger partial charge in [-0.2, -0.15) is 0 Å². The molecule has 1 N–H and O–H groups in total. The summed E-state index contributed by atoms with van der Waals surface area (Å²) in [6.07, 6.45) is 9.82. The van der Waals surface area contributed by atoms with E-state index < -0.39 is 0 Å². The molecule has 29 heavy (non-hydrogen) atoms. The van der Waals surface area contributed by atoms with Crippen LogP contribution in [0.2, 0.25) is 0 Å². The highest BCUT2D eigenvalue weighted by atomic mass is 16.5. The molecule has 1 aromatic heterocycles. The summed E-state index contributed by atoms with van der Waals surface area (Å²) in [5.74, 6) is 1.63. The minimum atomic E-state index is 0.485. The van der Waals surface area contributed by atoms with E-state index in [0.717, 1.165) is 50.9 Å². The first-order valence-electron chi connectivity index (χ1n) is 11.0. The third-order valence-electron chi connectivity index (χ3n) is 6.07. The highest BCUT2D eigenvalue weighted by Gasteiger charge is 2.20. The molecule has 2 aromatic rings. The number of nitrogens with zero attached hydrogens (tertiary/aromatic N) is 2. The Morgan fingerprint density at radius 1 is 1.07 bits per heavy atom. The Kier molecular flexibility index (Phi) is 7.38. The van der Waals surface area contributed by atoms with E-state index in [0.29, 0.717) is 12.6 Å². The van der Waals surface area contributed by atoms with Gasteiger partial charge in [0, 0.05) is 31.8 Å². The smallest absolute Gasteiger partial charge is 0.139 e. The zero-order chi connectivity index (χ0) is 19.7. The molecule has 2 saturated heterocycles. The zero-order valence-electron chi connectivity index (χ0n) is 17.3. The summed E-state index contributed by atoms with van der Waals surface area (Å²) in [5, 5.41) is 3.47. The predicted octanol–water partition coefficient (Wildman–Crippen LogP) is 4.04. The Hall–Kier alpha value is -2.11. The fourth-order valence-corrected chi connectivity index (χ4v) is 4.25. The van der Waals surface area contributed by atoms with Crippen LogP contribution in [0.1, 0.15) is 37.7 Å². The van der Waals surface area contributed by atoms with Gasteiger partial charge in [0.1, 0.15) is 12.4 Å². The lowest BCUT2D eigenvalue weighted by molar-refractivity contribution is 0.104. The number of hydrogen-bond donors (Lipinski definition) is 1. The maximum absolute atomic E-state index is 5.98. The van der Waals surface area contributed by atoms with Crippen molar-refractivity contribution < 1.29 is 9.47 Å². The second kappa shape index (κ2) is 10.6. The summed E-state index contributed by atoms with van der Waals surface area (Å²) in [7, 11) is 0. The first-order valence-corrected chi connectivity index (χ1v) is 11.0. The number of aromatic nitrogens is 1. The lowest BCUT2D eigenvalue weighted by Gasteiger charge is -2.33. The average Bonchev–Trinajstić information content (AvgIpc) is 3.30. The van der Waals surface area contributed by atoms with Crippen LogP contribution in [0.25, 0.3) is 0 Å². The summed E-state index contributed by atoms with van der Waals surface area (Å²) >= 11 is 0. The van der Waals surface area contributed by atoms with Crippen molar-refractivity contribution in [2.24, 2.45) is 5.92 Å². The lowest BCUT2D eigenvalue weighted by atomic mass is 9.94. The van der Waals surface area contributed by atoms with Crippen LogP contribution < -0.4 is 15.0 Å². The Morgan fingerprint density at radius 3 is 2.72 bits per heavy atom. The van der Waals surface area contributed by atoms with E-state index in [9.17, 15) is 0 Å². The number of anilines is 1. The first-order chi connectivity index (χ1) is 14.4. The topological polar surface area (TPSA) is 46.6 Å². The SMILES string of the molecule is c1ccc(COCCC2CCN(c3cncc(OC[C@H]4CCCN4)c3)CC2)cc1. The van der Waals surface area contributed by atoms with E-state index in [1.807, 2.05) is 18.5 Å². The van der Waals surface area contributed by atoms with Gasteiger partial charge >= 0.3 is 0 Å². The van der Waals surface area contributed by atoms with Crippen molar-refractivity contribution in [1.29, 1.82) is 0 Å². The number of ether oxygens (including phenoxy) is 2. The highest BCUT2D eigenvalue weighted by molar-refractivity contribution is 5.48. The van der Waals surface area contributed by atoms with Crippen molar-refractivity contribution in [3.05, 3.63) is 54.4 Å². The van der Waals surface area contributed by atoms with Crippen LogP contribution in [0.3, 0.4) is 0 Å². The van der Waals surface area contributed by atoms with Crippen molar-refractivity contribution in [3.63, 3.8) is 0 Å². The number of nitrogens with one attached hydrogen (secondary N) is 1. The van der Waals surface area contributed by atoms with Crippen LogP contribution in [0, 0.1) is 5.92 Å². The van der Waals surface area contributed by atoms with Gasteiger partial charge in [0.05, 0.1) is 24.7 Å². The van der Waals surface area contributed by atoms with Crippen molar-refractivity contribution in [2.45, 2.75) is 44.8 Å². The molecule has 0 bridgehead atoms. The largest absolute Gasteiger partial charge is 0.490 e. The number of pyridine rings is 1. The Morgan fingerprint density at radius 2 is 1.93 bits per heavy atom. The number of benzene rings is 1. The van der Waals surface area contributed by atoms with E-state index in [2.05, 4.69) is 45.5 Å². The van der Waals surface area contributed by atoms with Gasteiger partial charge in [-0.25, -0.2) is 0 Å². The van der Waals surface area contributed by atoms with E-state index in [1.54, 1.807) is 0 Å². The van der Waals surface area contributed by atoms with Gasteiger partial charge < -0.3 is 19.7 Å². The summed E-state index contributed by atoms with van der Waals surface area (Å²) in [5.41, 5.74) is 2.43. The third-order valence-corrected chi connectivity index (χ3v) is 6.07. The summed E-state index contributed by atoms with van der Waals surface area (Å²) in [6, 6.07) is 13.0. The molecule has 156 valence electrons. The van der Waals surface area contributed by atoms with Crippen LogP contribution in [-0.2, 0) is 11.3 Å². The third kappa shape index (κ3) is 6.18. The van der Waals surface area contributed by atoms with Crippen molar-refractivity contribution in [3.8, 4) is 5.75 Å². The molecule has 0 amide bonds. The minimum absolute atomic E-state index is 0.485. The van der Waals surface area contributed by atoms with E-state index in [4.69, 9.17) is 9.47 Å². The van der Waals surface area contributed by atoms with Crippen LogP contribution >= 0.6 is 0 Å². The number of hydrogen-bond acceptors (Lipinski definition) is 5. The lowest BCUT2D eigenvalue weighted by Crippen LogP contribution is -2.34. The maximum Gasteiger partial charge on any atom is 0.139 e. The maximum atomic E-state index is 5.98. The second-order valence-corrected chi connectivity index (χ2v) is 8.24. The molecule has 5 nitrogen and oxygen atoms in total. The molecule has 2 aliphatic heterocycles. The molecule has 4 rings (SSSR count). The van der Waals surface area contributed by atoms with Gasteiger partial charge in [-0.1, -0.05) is 30.3 Å². The minimum Gasteiger partial charge on any atom is -0.490 e. The van der Waals surface area contributed by atoms with Crippen LogP contribution in [-0.4, -0.2) is 43.9 Å². The monoisotopic (exact) mass is 395 g/mol. The van der Waals surface area contributed by atoms with Gasteiger partial charge in [0.2, 0.25) is 0 Å². The fraction of sp³-hybridized carbons (Fsp3) is 0.542. The van der Waals surface area contributed by atoms with Gasteiger partial charge in [-0.05, 0) is 50.1 Å². The molecule has 0 saturated carbocycles. The average molecular weight is 396 g/mol. The number of piperidine rings is 1. The molecular weight excluding hydrogens is 362 g/mol. The van der Waals surface area contributed by atoms with E-state index in [-0.39, 0.29) is 0 Å². The van der Waals surface area contributed by atoms with Crippen LogP contribution in [0.4, 0.5) is 5.69 Å². The molecule has 0 unspecified atom stereocenters. The molecule has 0 spiro atoms. The first kappa shape index (κ1) is 20.2. The molecular formula is C24H33N3O2. The summed E-state index contributed by atoms with van der Waals surface area (Å²) < 4.78 is 11.8. The molecule has 5 heteroatoms. The second-order valence-electron chi connectivity index (χ2n) is 8.24. The van der Waals surface area contributed by atoms with E-state index in [1.165, 1.54) is 36.9 Å². The van der Waals surface area contributed by atoms with Gasteiger partial charge in [-0.3, -0.25) is 4.98 Å².